The minimum Gasteiger partial charge on any atom is -0.475 e. The molecule has 0 fully saturated rings. The number of ketones is 2. The lowest BCUT2D eigenvalue weighted by Gasteiger charge is -2.08. The molecule has 0 amide bonds. The van der Waals surface area contributed by atoms with Gasteiger partial charge in [0, 0.05) is 5.56 Å². The summed E-state index contributed by atoms with van der Waals surface area (Å²) in [6, 6.07) is 16.6. The van der Waals surface area contributed by atoms with E-state index in [1.54, 1.807) is 12.1 Å². The summed E-state index contributed by atoms with van der Waals surface area (Å²) in [5.41, 5.74) is 2.23. The van der Waals surface area contributed by atoms with Gasteiger partial charge in [-0.05, 0) is 17.5 Å². The van der Waals surface area contributed by atoms with Crippen molar-refractivity contribution in [2.24, 2.45) is 0 Å². The van der Waals surface area contributed by atoms with Gasteiger partial charge in [0.2, 0.25) is 5.78 Å². The Morgan fingerprint density at radius 1 is 0.857 bits per heavy atom. The number of hydrogen-bond donors (Lipinski definition) is 1. The van der Waals surface area contributed by atoms with Crippen molar-refractivity contribution in [3.05, 3.63) is 71.3 Å². The number of rotatable bonds is 6. The first-order valence-electron chi connectivity index (χ1n) is 6.49. The molecule has 21 heavy (non-hydrogen) atoms. The van der Waals surface area contributed by atoms with Crippen LogP contribution in [0, 0.1) is 0 Å². The number of aliphatic carboxylic acids is 1. The van der Waals surface area contributed by atoms with Crippen molar-refractivity contribution in [2.45, 2.75) is 12.8 Å². The van der Waals surface area contributed by atoms with E-state index in [2.05, 4.69) is 0 Å². The number of carbonyl (C=O) groups is 3. The van der Waals surface area contributed by atoms with Gasteiger partial charge in [0.1, 0.15) is 0 Å². The van der Waals surface area contributed by atoms with Crippen LogP contribution >= 0.6 is 0 Å². The summed E-state index contributed by atoms with van der Waals surface area (Å²) in [6.45, 7) is 0. The highest BCUT2D eigenvalue weighted by atomic mass is 16.4. The molecule has 0 bridgehead atoms. The highest BCUT2D eigenvalue weighted by Gasteiger charge is 2.19. The number of benzene rings is 2. The summed E-state index contributed by atoms with van der Waals surface area (Å²) in [4.78, 5) is 33.8. The molecule has 0 spiro atoms. The largest absolute Gasteiger partial charge is 0.475 e. The number of carboxylic acids is 1. The summed E-state index contributed by atoms with van der Waals surface area (Å²) in [6.07, 6.45) is -0.0504. The molecule has 106 valence electrons. The molecule has 0 atom stereocenters. The molecule has 0 aromatic heterocycles. The molecular weight excluding hydrogens is 268 g/mol. The minimum atomic E-state index is -1.58. The zero-order chi connectivity index (χ0) is 15.2. The smallest absolute Gasteiger partial charge is 0.372 e. The van der Waals surface area contributed by atoms with Crippen molar-refractivity contribution in [3.63, 3.8) is 0 Å². The number of hydrogen-bond acceptors (Lipinski definition) is 3. The number of carbonyl (C=O) groups excluding carboxylic acids is 2. The van der Waals surface area contributed by atoms with Gasteiger partial charge in [0.15, 0.2) is 5.78 Å². The predicted octanol–water partition coefficient (Wildman–Crippen LogP) is 2.50. The van der Waals surface area contributed by atoms with Crippen LogP contribution in [0.5, 0.6) is 0 Å². The first-order valence-corrected chi connectivity index (χ1v) is 6.49. The highest BCUT2D eigenvalue weighted by molar-refractivity contribution is 6.37. The lowest BCUT2D eigenvalue weighted by Crippen LogP contribution is -2.18. The molecule has 0 saturated carbocycles. The summed E-state index contributed by atoms with van der Waals surface area (Å²) in [5, 5.41) is 8.58. The molecule has 2 rings (SSSR count). The molecule has 0 heterocycles. The quantitative estimate of drug-likeness (QED) is 0.502. The summed E-state index contributed by atoms with van der Waals surface area (Å²) < 4.78 is 0. The maximum atomic E-state index is 12.1. The molecule has 4 nitrogen and oxygen atoms in total. The first-order chi connectivity index (χ1) is 10.1. The Balaban J connectivity index is 2.22. The van der Waals surface area contributed by atoms with Crippen molar-refractivity contribution in [1.29, 1.82) is 0 Å². The van der Waals surface area contributed by atoms with Crippen molar-refractivity contribution in [3.8, 4) is 0 Å². The molecule has 0 aliphatic carbocycles. The second kappa shape index (κ2) is 6.61. The second-order valence-corrected chi connectivity index (χ2v) is 4.65. The highest BCUT2D eigenvalue weighted by Crippen LogP contribution is 2.16. The van der Waals surface area contributed by atoms with Gasteiger partial charge < -0.3 is 5.11 Å². The van der Waals surface area contributed by atoms with E-state index in [-0.39, 0.29) is 0 Å². The van der Waals surface area contributed by atoms with E-state index < -0.39 is 24.0 Å². The molecule has 2 aromatic carbocycles. The van der Waals surface area contributed by atoms with E-state index in [1.807, 2.05) is 42.5 Å². The van der Waals surface area contributed by atoms with E-state index >= 15 is 0 Å². The summed E-state index contributed by atoms with van der Waals surface area (Å²) in [7, 11) is 0. The van der Waals surface area contributed by atoms with Gasteiger partial charge in [0.25, 0.3) is 0 Å². The van der Waals surface area contributed by atoms with Gasteiger partial charge in [0.05, 0.1) is 6.42 Å². The van der Waals surface area contributed by atoms with Gasteiger partial charge >= 0.3 is 5.97 Å². The molecule has 0 saturated heterocycles. The zero-order valence-corrected chi connectivity index (χ0v) is 11.3. The van der Waals surface area contributed by atoms with Crippen LogP contribution in [-0.2, 0) is 16.0 Å². The van der Waals surface area contributed by atoms with Gasteiger partial charge in [-0.2, -0.15) is 0 Å². The van der Waals surface area contributed by atoms with E-state index in [9.17, 15) is 14.4 Å². The Hall–Kier alpha value is -2.75. The van der Waals surface area contributed by atoms with E-state index in [0.29, 0.717) is 12.0 Å². The lowest BCUT2D eigenvalue weighted by molar-refractivity contribution is -0.148. The molecule has 0 aliphatic heterocycles. The Bertz CT molecular complexity index is 674. The Labute approximate surface area is 122 Å². The molecule has 4 heteroatoms. The zero-order valence-electron chi connectivity index (χ0n) is 11.3. The fourth-order valence-electron chi connectivity index (χ4n) is 2.08. The normalized spacial score (nSPS) is 10.1. The van der Waals surface area contributed by atoms with Crippen LogP contribution in [0.25, 0.3) is 0 Å². The Morgan fingerprint density at radius 2 is 1.48 bits per heavy atom. The topological polar surface area (TPSA) is 71.4 Å². The van der Waals surface area contributed by atoms with Gasteiger partial charge in [-0.15, -0.1) is 0 Å². The van der Waals surface area contributed by atoms with Crippen molar-refractivity contribution in [1.82, 2.24) is 0 Å². The SMILES string of the molecule is O=C(O)C(=O)CC(=O)c1ccccc1Cc1ccccc1. The Morgan fingerprint density at radius 3 is 2.14 bits per heavy atom. The maximum Gasteiger partial charge on any atom is 0.372 e. The van der Waals surface area contributed by atoms with Crippen LogP contribution in [0.3, 0.4) is 0 Å². The standard InChI is InChI=1S/C17H14O4/c18-15(11-16(19)17(20)21)14-9-5-4-8-13(14)10-12-6-2-1-3-7-12/h1-9H,10-11H2,(H,20,21). The van der Waals surface area contributed by atoms with Gasteiger partial charge in [-0.3, -0.25) is 9.59 Å². The number of Topliss-reactive ketones (excluding diaryl/α,β-unsaturated/α-hetero) is 2. The predicted molar refractivity (Wildman–Crippen MR) is 77.3 cm³/mol. The molecule has 0 aliphatic rings. The second-order valence-electron chi connectivity index (χ2n) is 4.65. The minimum absolute atomic E-state index is 0.399. The molecule has 1 N–H and O–H groups in total. The average Bonchev–Trinajstić information content (AvgIpc) is 2.48. The van der Waals surface area contributed by atoms with Crippen LogP contribution in [0.1, 0.15) is 27.9 Å². The van der Waals surface area contributed by atoms with Crippen LogP contribution < -0.4 is 0 Å². The van der Waals surface area contributed by atoms with Crippen LogP contribution in [0.15, 0.2) is 54.6 Å². The lowest BCUT2D eigenvalue weighted by atomic mass is 9.95. The fraction of sp³-hybridized carbons (Fsp3) is 0.118. The third-order valence-electron chi connectivity index (χ3n) is 3.11. The molecule has 2 aromatic rings. The van der Waals surface area contributed by atoms with Crippen molar-refractivity contribution >= 4 is 17.5 Å². The van der Waals surface area contributed by atoms with E-state index in [0.717, 1.165) is 11.1 Å². The average molecular weight is 282 g/mol. The van der Waals surface area contributed by atoms with Crippen molar-refractivity contribution < 1.29 is 19.5 Å². The first kappa shape index (κ1) is 14.7. The number of carboxylic acid groups (broad SMARTS) is 1. The van der Waals surface area contributed by atoms with Crippen LogP contribution in [-0.4, -0.2) is 22.6 Å². The third kappa shape index (κ3) is 3.86. The molecule has 0 unspecified atom stereocenters. The van der Waals surface area contributed by atoms with Crippen molar-refractivity contribution in [2.75, 3.05) is 0 Å². The monoisotopic (exact) mass is 282 g/mol. The van der Waals surface area contributed by atoms with Gasteiger partial charge in [-0.25, -0.2) is 4.79 Å². The molecular formula is C17H14O4. The van der Waals surface area contributed by atoms with E-state index in [4.69, 9.17) is 5.11 Å². The maximum absolute atomic E-state index is 12.1. The molecule has 0 radical (unpaired) electrons. The fourth-order valence-corrected chi connectivity index (χ4v) is 2.08. The summed E-state index contributed by atoms with van der Waals surface area (Å²) in [5.74, 6) is -3.13. The van der Waals surface area contributed by atoms with Crippen LogP contribution in [0.2, 0.25) is 0 Å². The Kier molecular flexibility index (Phi) is 4.61. The van der Waals surface area contributed by atoms with Crippen LogP contribution in [0.4, 0.5) is 0 Å². The van der Waals surface area contributed by atoms with E-state index in [1.165, 1.54) is 0 Å². The summed E-state index contributed by atoms with van der Waals surface area (Å²) >= 11 is 0. The van der Waals surface area contributed by atoms with Gasteiger partial charge in [-0.1, -0.05) is 54.6 Å². The third-order valence-corrected chi connectivity index (χ3v) is 3.11.